The van der Waals surface area contributed by atoms with Crippen LogP contribution in [0.5, 0.6) is 0 Å². The van der Waals surface area contributed by atoms with Gasteiger partial charge in [0.15, 0.2) is 5.13 Å². The smallest absolute Gasteiger partial charge is 0.234 e. The highest BCUT2D eigenvalue weighted by Crippen LogP contribution is 2.24. The Morgan fingerprint density at radius 2 is 2.03 bits per heavy atom. The maximum absolute atomic E-state index is 12.6. The van der Waals surface area contributed by atoms with E-state index in [-0.39, 0.29) is 36.1 Å². The molecule has 1 aromatic carbocycles. The fraction of sp³-hybridized carbons (Fsp3) is 0.429. The highest BCUT2D eigenvalue weighted by atomic mass is 32.1. The summed E-state index contributed by atoms with van der Waals surface area (Å²) in [6.07, 6.45) is 1.81. The van der Waals surface area contributed by atoms with Gasteiger partial charge >= 0.3 is 0 Å². The van der Waals surface area contributed by atoms with Crippen LogP contribution < -0.4 is 16.4 Å². The maximum atomic E-state index is 12.6. The van der Waals surface area contributed by atoms with Crippen LogP contribution in [0.15, 0.2) is 29.6 Å². The summed E-state index contributed by atoms with van der Waals surface area (Å²) in [5, 5.41) is 7.94. The molecule has 8 nitrogen and oxygen atoms in total. The Hall–Kier alpha value is -2.78. The largest absolute Gasteiger partial charge is 0.368 e. The Kier molecular flexibility index (Phi) is 7.17. The zero-order valence-electron chi connectivity index (χ0n) is 17.2. The third kappa shape index (κ3) is 5.64. The van der Waals surface area contributed by atoms with Gasteiger partial charge in [-0.15, -0.1) is 11.3 Å². The van der Waals surface area contributed by atoms with Crippen LogP contribution in [0, 0.1) is 5.92 Å². The van der Waals surface area contributed by atoms with E-state index in [1.165, 1.54) is 11.3 Å². The topological polar surface area (TPSA) is 117 Å². The Morgan fingerprint density at radius 3 is 2.77 bits per heavy atom. The predicted molar refractivity (Wildman–Crippen MR) is 117 cm³/mol. The number of benzene rings is 1. The second-order valence-corrected chi connectivity index (χ2v) is 8.56. The molecule has 0 spiro atoms. The maximum Gasteiger partial charge on any atom is 0.234 e. The molecule has 2 aromatic rings. The lowest BCUT2D eigenvalue weighted by molar-refractivity contribution is -0.122. The molecule has 0 radical (unpaired) electrons. The lowest BCUT2D eigenvalue weighted by atomic mass is 10.1. The van der Waals surface area contributed by atoms with Gasteiger partial charge in [0.05, 0.1) is 18.2 Å². The van der Waals surface area contributed by atoms with Gasteiger partial charge in [0.2, 0.25) is 17.7 Å². The third-order valence-electron chi connectivity index (χ3n) is 5.00. The van der Waals surface area contributed by atoms with Crippen LogP contribution in [-0.4, -0.2) is 40.2 Å². The molecule has 0 saturated carbocycles. The molecule has 0 bridgehead atoms. The number of amides is 3. The van der Waals surface area contributed by atoms with Crippen molar-refractivity contribution in [2.45, 2.75) is 45.7 Å². The fourth-order valence-electron chi connectivity index (χ4n) is 3.39. The van der Waals surface area contributed by atoms with Crippen LogP contribution in [0.3, 0.4) is 0 Å². The lowest BCUT2D eigenvalue weighted by Gasteiger charge is -2.23. The molecule has 2 heterocycles. The van der Waals surface area contributed by atoms with Gasteiger partial charge in [0.1, 0.15) is 0 Å². The number of likely N-dealkylation sites (tertiary alicyclic amines) is 1. The van der Waals surface area contributed by atoms with E-state index in [1.54, 1.807) is 5.38 Å². The first-order valence-electron chi connectivity index (χ1n) is 10.00. The van der Waals surface area contributed by atoms with Gasteiger partial charge in [0.25, 0.3) is 0 Å². The van der Waals surface area contributed by atoms with E-state index in [0.29, 0.717) is 23.1 Å². The van der Waals surface area contributed by atoms with Gasteiger partial charge in [0, 0.05) is 23.5 Å². The number of nitrogens with one attached hydrogen (secondary N) is 2. The number of carbonyl (C=O) groups is 3. The lowest BCUT2D eigenvalue weighted by Crippen LogP contribution is -2.39. The molecule has 1 saturated heterocycles. The van der Waals surface area contributed by atoms with Crippen molar-refractivity contribution in [2.24, 2.45) is 11.7 Å². The number of anilines is 2. The molecule has 3 rings (SSSR count). The van der Waals surface area contributed by atoms with Crippen LogP contribution in [0.1, 0.15) is 37.9 Å². The molecular weight excluding hydrogens is 402 g/mol. The van der Waals surface area contributed by atoms with Crippen LogP contribution >= 0.6 is 11.3 Å². The summed E-state index contributed by atoms with van der Waals surface area (Å²) in [7, 11) is 0. The highest BCUT2D eigenvalue weighted by Gasteiger charge is 2.29. The number of nitrogens with two attached hydrogens (primary N) is 1. The zero-order chi connectivity index (χ0) is 21.7. The summed E-state index contributed by atoms with van der Waals surface area (Å²) in [6, 6.07) is 7.29. The van der Waals surface area contributed by atoms with Gasteiger partial charge in [-0.25, -0.2) is 4.98 Å². The molecule has 9 heteroatoms. The van der Waals surface area contributed by atoms with E-state index in [2.05, 4.69) is 20.5 Å². The summed E-state index contributed by atoms with van der Waals surface area (Å²) in [5.74, 6) is -0.743. The molecule has 1 fully saturated rings. The molecule has 1 unspecified atom stereocenters. The average Bonchev–Trinajstić information content (AvgIpc) is 3.32. The summed E-state index contributed by atoms with van der Waals surface area (Å²) in [4.78, 5) is 42.4. The van der Waals surface area contributed by atoms with E-state index in [0.717, 1.165) is 24.9 Å². The summed E-state index contributed by atoms with van der Waals surface area (Å²) >= 11 is 1.30. The van der Waals surface area contributed by atoms with Crippen LogP contribution in [0.4, 0.5) is 10.8 Å². The number of hydrogen-bond donors (Lipinski definition) is 3. The minimum Gasteiger partial charge on any atom is -0.368 e. The first-order chi connectivity index (χ1) is 14.3. The molecule has 0 aliphatic carbocycles. The van der Waals surface area contributed by atoms with Crippen molar-refractivity contribution in [1.82, 2.24) is 9.88 Å². The predicted octanol–water partition coefficient (Wildman–Crippen LogP) is 2.37. The summed E-state index contributed by atoms with van der Waals surface area (Å²) < 4.78 is 0. The quantitative estimate of drug-likeness (QED) is 0.595. The third-order valence-corrected chi connectivity index (χ3v) is 5.81. The van der Waals surface area contributed by atoms with Gasteiger partial charge in [-0.05, 0) is 31.0 Å². The summed E-state index contributed by atoms with van der Waals surface area (Å²) in [6.45, 7) is 4.97. The Bertz CT molecular complexity index is 927. The first kappa shape index (κ1) is 21.9. The normalized spacial score (nSPS) is 16.6. The monoisotopic (exact) mass is 429 g/mol. The van der Waals surface area contributed by atoms with Gasteiger partial charge in [-0.3, -0.25) is 19.3 Å². The van der Waals surface area contributed by atoms with E-state index < -0.39 is 0 Å². The number of primary amides is 1. The number of para-hydroxylation sites is 1. The molecule has 4 N–H and O–H groups in total. The van der Waals surface area contributed by atoms with E-state index >= 15 is 0 Å². The number of hydrogen-bond acceptors (Lipinski definition) is 6. The van der Waals surface area contributed by atoms with Crippen molar-refractivity contribution in [3.63, 3.8) is 0 Å². The second kappa shape index (κ2) is 9.82. The molecule has 160 valence electrons. The molecule has 1 aromatic heterocycles. The Balaban J connectivity index is 1.61. The number of carbonyl (C=O) groups excluding carboxylic acids is 3. The second-order valence-electron chi connectivity index (χ2n) is 7.70. The molecule has 3 amide bonds. The van der Waals surface area contributed by atoms with Crippen molar-refractivity contribution < 1.29 is 14.4 Å². The zero-order valence-corrected chi connectivity index (χ0v) is 18.0. The summed E-state index contributed by atoms with van der Waals surface area (Å²) in [5.41, 5.74) is 7.75. The van der Waals surface area contributed by atoms with Crippen molar-refractivity contribution >= 4 is 39.9 Å². The molecular formula is C21H27N5O3S. The molecule has 30 heavy (non-hydrogen) atoms. The first-order valence-corrected chi connectivity index (χ1v) is 10.9. The van der Waals surface area contributed by atoms with Crippen LogP contribution in [0.2, 0.25) is 0 Å². The number of rotatable bonds is 8. The average molecular weight is 430 g/mol. The van der Waals surface area contributed by atoms with E-state index in [1.807, 2.05) is 38.1 Å². The minimum absolute atomic E-state index is 0.106. The molecule has 1 atom stereocenters. The van der Waals surface area contributed by atoms with Gasteiger partial charge in [-0.1, -0.05) is 32.0 Å². The number of nitrogens with zero attached hydrogens (tertiary/aromatic N) is 2. The minimum atomic E-state index is -0.307. The van der Waals surface area contributed by atoms with Crippen molar-refractivity contribution in [1.29, 1.82) is 0 Å². The molecule has 1 aliphatic heterocycles. The standard InChI is InChI=1S/C21H27N5O3S/c1-13(2)20(29)25-21-23-15(12-30-21)10-18(27)24-16-7-4-3-6-14(16)11-26-9-5-8-17(26)19(22)28/h3-4,6-7,12-13,17H,5,8-11H2,1-2H3,(H2,22,28)(H,24,27)(H,23,25,29). The SMILES string of the molecule is CC(C)C(=O)Nc1nc(CC(=O)Nc2ccccc2CN2CCCC2C(N)=O)cs1. The Morgan fingerprint density at radius 1 is 1.27 bits per heavy atom. The molecule has 1 aliphatic rings. The van der Waals surface area contributed by atoms with E-state index in [9.17, 15) is 14.4 Å². The van der Waals surface area contributed by atoms with Crippen molar-refractivity contribution in [3.8, 4) is 0 Å². The Labute approximate surface area is 179 Å². The van der Waals surface area contributed by atoms with Crippen LogP contribution in [0.25, 0.3) is 0 Å². The fourth-order valence-corrected chi connectivity index (χ4v) is 4.10. The van der Waals surface area contributed by atoms with Gasteiger partial charge < -0.3 is 16.4 Å². The van der Waals surface area contributed by atoms with Crippen molar-refractivity contribution in [2.75, 3.05) is 17.2 Å². The van der Waals surface area contributed by atoms with Crippen molar-refractivity contribution in [3.05, 3.63) is 40.9 Å². The highest BCUT2D eigenvalue weighted by molar-refractivity contribution is 7.13. The van der Waals surface area contributed by atoms with Crippen LogP contribution in [-0.2, 0) is 27.3 Å². The number of aromatic nitrogens is 1. The van der Waals surface area contributed by atoms with E-state index in [4.69, 9.17) is 5.73 Å². The van der Waals surface area contributed by atoms with Gasteiger partial charge in [-0.2, -0.15) is 0 Å². The number of thiazole rings is 1.